The first kappa shape index (κ1) is 16.8. The van der Waals surface area contributed by atoms with Crippen molar-refractivity contribution in [3.8, 4) is 0 Å². The molecular weight excluding hydrogens is 216 g/mol. The second-order valence-corrected chi connectivity index (χ2v) is 6.18. The maximum Gasteiger partial charge on any atom is 0.0869 e. The van der Waals surface area contributed by atoms with Gasteiger partial charge in [-0.05, 0) is 48.2 Å². The quantitative estimate of drug-likeness (QED) is 0.673. The van der Waals surface area contributed by atoms with Gasteiger partial charge in [-0.25, -0.2) is 0 Å². The van der Waals surface area contributed by atoms with Crippen molar-refractivity contribution in [3.05, 3.63) is 0 Å². The van der Waals surface area contributed by atoms with Crippen LogP contribution >= 0.6 is 0 Å². The highest BCUT2D eigenvalue weighted by Crippen LogP contribution is 2.15. The lowest BCUT2D eigenvalue weighted by Crippen LogP contribution is -2.48. The second-order valence-electron chi connectivity index (χ2n) is 6.18. The van der Waals surface area contributed by atoms with Gasteiger partial charge in [0.1, 0.15) is 0 Å². The molecule has 17 heavy (non-hydrogen) atoms. The molecule has 4 nitrogen and oxygen atoms in total. The van der Waals surface area contributed by atoms with E-state index in [9.17, 15) is 5.11 Å². The van der Waals surface area contributed by atoms with E-state index in [-0.39, 0.29) is 5.60 Å². The molecule has 0 aliphatic heterocycles. The molecule has 104 valence electrons. The van der Waals surface area contributed by atoms with Gasteiger partial charge in [0.15, 0.2) is 0 Å². The molecule has 2 N–H and O–H groups in total. The van der Waals surface area contributed by atoms with Gasteiger partial charge in [-0.15, -0.1) is 0 Å². The Morgan fingerprint density at radius 2 is 1.82 bits per heavy atom. The molecule has 0 aliphatic carbocycles. The van der Waals surface area contributed by atoms with Crippen LogP contribution < -0.4 is 5.32 Å². The third-order valence-electron chi connectivity index (χ3n) is 2.84. The van der Waals surface area contributed by atoms with E-state index >= 15 is 0 Å². The first-order chi connectivity index (χ1) is 7.58. The molecule has 0 heterocycles. The fraction of sp³-hybridized carbons (Fsp3) is 1.00. The summed E-state index contributed by atoms with van der Waals surface area (Å²) in [5.74, 6) is 0. The van der Waals surface area contributed by atoms with Gasteiger partial charge in [0.25, 0.3) is 0 Å². The van der Waals surface area contributed by atoms with Crippen molar-refractivity contribution in [3.63, 3.8) is 0 Å². The monoisotopic (exact) mass is 246 g/mol. The normalized spacial score (nSPS) is 18.2. The van der Waals surface area contributed by atoms with Crippen molar-refractivity contribution < 1.29 is 9.84 Å². The minimum atomic E-state index is -0.699. The zero-order valence-electron chi connectivity index (χ0n) is 12.5. The maximum absolute atomic E-state index is 10.2. The number of nitrogens with zero attached hydrogens (tertiary/aromatic N) is 1. The lowest BCUT2D eigenvalue weighted by molar-refractivity contribution is 0.00120. The summed E-state index contributed by atoms with van der Waals surface area (Å²) in [7, 11) is 5.66. The van der Waals surface area contributed by atoms with Gasteiger partial charge in [0, 0.05) is 26.2 Å². The Balaban J connectivity index is 4.02. The molecule has 0 aromatic heterocycles. The van der Waals surface area contributed by atoms with Crippen LogP contribution in [0.1, 0.15) is 34.1 Å². The van der Waals surface area contributed by atoms with Crippen LogP contribution in [0.15, 0.2) is 0 Å². The van der Waals surface area contributed by atoms with E-state index in [2.05, 4.69) is 26.1 Å². The predicted molar refractivity (Wildman–Crippen MR) is 72.3 cm³/mol. The van der Waals surface area contributed by atoms with E-state index in [1.54, 1.807) is 7.11 Å². The van der Waals surface area contributed by atoms with Gasteiger partial charge in [0.2, 0.25) is 0 Å². The van der Waals surface area contributed by atoms with Gasteiger partial charge in [-0.1, -0.05) is 0 Å². The molecule has 0 aliphatic rings. The molecule has 0 fully saturated rings. The molecule has 0 spiro atoms. The van der Waals surface area contributed by atoms with Gasteiger partial charge >= 0.3 is 0 Å². The lowest BCUT2D eigenvalue weighted by atomic mass is 9.99. The van der Waals surface area contributed by atoms with E-state index in [0.29, 0.717) is 19.1 Å². The van der Waals surface area contributed by atoms with E-state index in [0.717, 1.165) is 6.42 Å². The number of hydrogen-bond donors (Lipinski definition) is 2. The van der Waals surface area contributed by atoms with Crippen LogP contribution in [0.2, 0.25) is 0 Å². The van der Waals surface area contributed by atoms with Gasteiger partial charge in [-0.3, -0.25) is 0 Å². The van der Waals surface area contributed by atoms with Crippen LogP contribution in [0, 0.1) is 0 Å². The highest BCUT2D eigenvalue weighted by molar-refractivity contribution is 4.82. The minimum Gasteiger partial charge on any atom is -0.388 e. The highest BCUT2D eigenvalue weighted by atomic mass is 16.5. The van der Waals surface area contributed by atoms with Crippen molar-refractivity contribution in [2.45, 2.75) is 51.4 Å². The molecule has 0 aromatic rings. The van der Waals surface area contributed by atoms with Crippen molar-refractivity contribution in [2.24, 2.45) is 0 Å². The average molecular weight is 246 g/mol. The van der Waals surface area contributed by atoms with Crippen LogP contribution in [0.25, 0.3) is 0 Å². The molecule has 0 aromatic carbocycles. The molecule has 2 atom stereocenters. The Labute approximate surface area is 106 Å². The van der Waals surface area contributed by atoms with Gasteiger partial charge in [0.05, 0.1) is 11.2 Å². The summed E-state index contributed by atoms with van der Waals surface area (Å²) in [6.45, 7) is 9.36. The van der Waals surface area contributed by atoms with Crippen molar-refractivity contribution in [1.29, 1.82) is 0 Å². The molecule has 0 rings (SSSR count). The zero-order chi connectivity index (χ0) is 13.7. The van der Waals surface area contributed by atoms with Crippen LogP contribution in [0.5, 0.6) is 0 Å². The molecular formula is C13H30N2O2. The number of methoxy groups -OCH3 is 1. The number of ether oxygens (including phenoxy) is 1. The Morgan fingerprint density at radius 1 is 1.29 bits per heavy atom. The SMILES string of the molecule is COC(C)(C)CC(C)NCC(C)(O)CN(C)C. The minimum absolute atomic E-state index is 0.125. The standard InChI is InChI=1S/C13H30N2O2/c1-11(8-12(2,3)17-7)14-9-13(4,16)10-15(5)6/h11,14,16H,8-10H2,1-7H3. The highest BCUT2D eigenvalue weighted by Gasteiger charge is 2.24. The Hall–Kier alpha value is -0.160. The topological polar surface area (TPSA) is 44.7 Å². The summed E-state index contributed by atoms with van der Waals surface area (Å²) in [6, 6.07) is 0.318. The Morgan fingerprint density at radius 3 is 2.24 bits per heavy atom. The molecule has 0 radical (unpaired) electrons. The number of likely N-dealkylation sites (N-methyl/N-ethyl adjacent to an activating group) is 1. The number of rotatable bonds is 8. The third kappa shape index (κ3) is 8.55. The van der Waals surface area contributed by atoms with E-state index in [1.807, 2.05) is 25.9 Å². The summed E-state index contributed by atoms with van der Waals surface area (Å²) < 4.78 is 5.39. The van der Waals surface area contributed by atoms with Crippen LogP contribution in [0.3, 0.4) is 0 Å². The van der Waals surface area contributed by atoms with Crippen LogP contribution in [-0.4, -0.2) is 61.5 Å². The molecule has 2 unspecified atom stereocenters. The molecule has 0 bridgehead atoms. The summed E-state index contributed by atoms with van der Waals surface area (Å²) in [5.41, 5.74) is -0.825. The molecule has 0 amide bonds. The number of aliphatic hydroxyl groups is 1. The van der Waals surface area contributed by atoms with Crippen molar-refractivity contribution in [2.75, 3.05) is 34.3 Å². The zero-order valence-corrected chi connectivity index (χ0v) is 12.5. The molecule has 4 heteroatoms. The first-order valence-corrected chi connectivity index (χ1v) is 6.24. The lowest BCUT2D eigenvalue weighted by Gasteiger charge is -2.31. The largest absolute Gasteiger partial charge is 0.388 e. The smallest absolute Gasteiger partial charge is 0.0869 e. The second kappa shape index (κ2) is 6.69. The fourth-order valence-corrected chi connectivity index (χ4v) is 2.02. The van der Waals surface area contributed by atoms with Gasteiger partial charge in [-0.2, -0.15) is 0 Å². The Kier molecular flexibility index (Phi) is 6.62. The summed E-state index contributed by atoms with van der Waals surface area (Å²) in [5, 5.41) is 13.5. The fourth-order valence-electron chi connectivity index (χ4n) is 2.02. The summed E-state index contributed by atoms with van der Waals surface area (Å²) in [6.07, 6.45) is 0.918. The van der Waals surface area contributed by atoms with E-state index in [4.69, 9.17) is 4.74 Å². The summed E-state index contributed by atoms with van der Waals surface area (Å²) >= 11 is 0. The molecule has 0 saturated heterocycles. The van der Waals surface area contributed by atoms with Crippen molar-refractivity contribution in [1.82, 2.24) is 10.2 Å². The summed E-state index contributed by atoms with van der Waals surface area (Å²) in [4.78, 5) is 1.99. The predicted octanol–water partition coefficient (Wildman–Crippen LogP) is 1.09. The first-order valence-electron chi connectivity index (χ1n) is 6.24. The van der Waals surface area contributed by atoms with Crippen molar-refractivity contribution >= 4 is 0 Å². The third-order valence-corrected chi connectivity index (χ3v) is 2.84. The van der Waals surface area contributed by atoms with Crippen LogP contribution in [-0.2, 0) is 4.74 Å². The van der Waals surface area contributed by atoms with Crippen LogP contribution in [0.4, 0.5) is 0 Å². The van der Waals surface area contributed by atoms with E-state index in [1.165, 1.54) is 0 Å². The van der Waals surface area contributed by atoms with Gasteiger partial charge < -0.3 is 20.1 Å². The number of hydrogen-bond acceptors (Lipinski definition) is 4. The number of nitrogens with one attached hydrogen (secondary N) is 1. The molecule has 0 saturated carbocycles. The average Bonchev–Trinajstić information content (AvgIpc) is 2.12. The maximum atomic E-state index is 10.2. The Bertz CT molecular complexity index is 215. The van der Waals surface area contributed by atoms with E-state index < -0.39 is 5.60 Å².